The van der Waals surface area contributed by atoms with Crippen molar-refractivity contribution in [3.05, 3.63) is 90.6 Å². The van der Waals surface area contributed by atoms with Gasteiger partial charge in [-0.25, -0.2) is 0 Å². The summed E-state index contributed by atoms with van der Waals surface area (Å²) in [4.78, 5) is 0. The van der Waals surface area contributed by atoms with Gasteiger partial charge in [-0.15, -0.1) is 0 Å². The van der Waals surface area contributed by atoms with E-state index in [1.807, 2.05) is 0 Å². The standard InChI is InChI=1S/C30H32N/c1-4-6-14-22(3)30(5-2)28-20-13-12-19-26(28)29-25-18-11-10-17-24(25)27(21-31(29)30)23-15-8-7-9-16-23/h7-13,15-22H,4-6,14H2,1-3H3/q+1. The first-order valence-corrected chi connectivity index (χ1v) is 11.9. The highest BCUT2D eigenvalue weighted by Crippen LogP contribution is 2.48. The van der Waals surface area contributed by atoms with Gasteiger partial charge in [-0.1, -0.05) is 100 Å². The maximum absolute atomic E-state index is 2.66. The summed E-state index contributed by atoms with van der Waals surface area (Å²) in [5, 5.41) is 2.69. The molecule has 5 rings (SSSR count). The Morgan fingerprint density at radius 3 is 2.19 bits per heavy atom. The van der Waals surface area contributed by atoms with Gasteiger partial charge in [0.25, 0.3) is 0 Å². The summed E-state index contributed by atoms with van der Waals surface area (Å²) in [6, 6.07) is 29.0. The average Bonchev–Trinajstić information content (AvgIpc) is 3.13. The van der Waals surface area contributed by atoms with Gasteiger partial charge in [-0.2, -0.15) is 4.57 Å². The molecule has 0 N–H and O–H groups in total. The van der Waals surface area contributed by atoms with E-state index in [9.17, 15) is 0 Å². The molecule has 1 heteroatoms. The molecule has 1 aliphatic rings. The zero-order valence-electron chi connectivity index (χ0n) is 18.9. The van der Waals surface area contributed by atoms with Crippen LogP contribution in [0.3, 0.4) is 0 Å². The van der Waals surface area contributed by atoms with E-state index in [1.54, 1.807) is 0 Å². The Labute approximate surface area is 186 Å². The second kappa shape index (κ2) is 7.96. The topological polar surface area (TPSA) is 3.88 Å². The molecule has 2 atom stereocenters. The molecule has 2 unspecified atom stereocenters. The quantitative estimate of drug-likeness (QED) is 0.288. The Morgan fingerprint density at radius 1 is 0.774 bits per heavy atom. The van der Waals surface area contributed by atoms with Gasteiger partial charge >= 0.3 is 0 Å². The van der Waals surface area contributed by atoms with Gasteiger partial charge in [0.1, 0.15) is 0 Å². The molecular formula is C30H32N+. The van der Waals surface area contributed by atoms with Gasteiger partial charge in [0.2, 0.25) is 5.69 Å². The second-order valence-corrected chi connectivity index (χ2v) is 9.04. The Morgan fingerprint density at radius 2 is 1.45 bits per heavy atom. The third-order valence-electron chi connectivity index (χ3n) is 7.48. The van der Waals surface area contributed by atoms with Crippen LogP contribution < -0.4 is 4.57 Å². The maximum Gasteiger partial charge on any atom is 0.221 e. The highest BCUT2D eigenvalue weighted by Gasteiger charge is 2.53. The number of fused-ring (bicyclic) bond motifs is 5. The number of nitrogens with zero attached hydrogens (tertiary/aromatic N) is 1. The molecule has 0 amide bonds. The molecule has 3 aromatic carbocycles. The van der Waals surface area contributed by atoms with Gasteiger partial charge in [0.15, 0.2) is 11.7 Å². The molecule has 1 aromatic heterocycles. The van der Waals surface area contributed by atoms with Crippen molar-refractivity contribution in [1.29, 1.82) is 0 Å². The van der Waals surface area contributed by atoms with Crippen molar-refractivity contribution < 1.29 is 4.57 Å². The smallest absolute Gasteiger partial charge is 0.187 e. The first kappa shape index (κ1) is 20.0. The van der Waals surface area contributed by atoms with E-state index < -0.39 is 0 Å². The van der Waals surface area contributed by atoms with Crippen LogP contribution in [0.2, 0.25) is 0 Å². The summed E-state index contributed by atoms with van der Waals surface area (Å²) < 4.78 is 2.66. The van der Waals surface area contributed by atoms with Crippen LogP contribution in [0.25, 0.3) is 33.2 Å². The fourth-order valence-electron chi connectivity index (χ4n) is 5.91. The van der Waals surface area contributed by atoms with Crippen LogP contribution in [-0.2, 0) is 5.54 Å². The lowest BCUT2D eigenvalue weighted by Gasteiger charge is -2.31. The number of pyridine rings is 1. The summed E-state index contributed by atoms with van der Waals surface area (Å²) in [7, 11) is 0. The highest BCUT2D eigenvalue weighted by molar-refractivity contribution is 6.02. The number of aromatic nitrogens is 1. The largest absolute Gasteiger partial charge is 0.221 e. The van der Waals surface area contributed by atoms with Crippen molar-refractivity contribution in [2.24, 2.45) is 5.92 Å². The van der Waals surface area contributed by atoms with E-state index in [2.05, 4.69) is 110 Å². The van der Waals surface area contributed by atoms with Crippen molar-refractivity contribution in [3.63, 3.8) is 0 Å². The Bertz CT molecular complexity index is 1220. The molecule has 1 nitrogen and oxygen atoms in total. The maximum atomic E-state index is 2.66. The van der Waals surface area contributed by atoms with Crippen LogP contribution in [0, 0.1) is 5.92 Å². The minimum atomic E-state index is -0.00530. The summed E-state index contributed by atoms with van der Waals surface area (Å²) in [5.74, 6) is 0.564. The van der Waals surface area contributed by atoms with Crippen LogP contribution in [0.4, 0.5) is 0 Å². The minimum Gasteiger partial charge on any atom is -0.187 e. The van der Waals surface area contributed by atoms with E-state index in [4.69, 9.17) is 0 Å². The number of hydrogen-bond donors (Lipinski definition) is 0. The van der Waals surface area contributed by atoms with E-state index in [0.717, 1.165) is 6.42 Å². The summed E-state index contributed by atoms with van der Waals surface area (Å²) in [6.45, 7) is 7.14. The molecule has 31 heavy (non-hydrogen) atoms. The normalized spacial score (nSPS) is 18.0. The van der Waals surface area contributed by atoms with Crippen LogP contribution in [0.15, 0.2) is 85.1 Å². The van der Waals surface area contributed by atoms with Crippen molar-refractivity contribution >= 4 is 10.8 Å². The first-order valence-electron chi connectivity index (χ1n) is 11.9. The zero-order valence-corrected chi connectivity index (χ0v) is 18.9. The summed E-state index contributed by atoms with van der Waals surface area (Å²) >= 11 is 0. The first-order chi connectivity index (χ1) is 15.2. The molecular weight excluding hydrogens is 374 g/mol. The Hall–Kier alpha value is -2.93. The molecule has 2 heterocycles. The van der Waals surface area contributed by atoms with E-state index in [-0.39, 0.29) is 5.54 Å². The third-order valence-corrected chi connectivity index (χ3v) is 7.48. The van der Waals surface area contributed by atoms with Crippen LogP contribution in [0.5, 0.6) is 0 Å². The van der Waals surface area contributed by atoms with Gasteiger partial charge in [0.05, 0.1) is 16.5 Å². The number of rotatable bonds is 6. The van der Waals surface area contributed by atoms with E-state index in [1.165, 1.54) is 58.0 Å². The zero-order chi connectivity index (χ0) is 21.4. The number of benzene rings is 3. The van der Waals surface area contributed by atoms with Crippen molar-refractivity contribution in [1.82, 2.24) is 0 Å². The van der Waals surface area contributed by atoms with Gasteiger partial charge in [-0.3, -0.25) is 0 Å². The fourth-order valence-corrected chi connectivity index (χ4v) is 5.91. The van der Waals surface area contributed by atoms with Crippen LogP contribution in [0.1, 0.15) is 52.0 Å². The number of unbranched alkanes of at least 4 members (excludes halogenated alkanes) is 1. The molecule has 0 saturated carbocycles. The lowest BCUT2D eigenvalue weighted by Crippen LogP contribution is -2.58. The Balaban J connectivity index is 1.88. The lowest BCUT2D eigenvalue weighted by molar-refractivity contribution is -0.746. The third kappa shape index (κ3) is 2.94. The summed E-state index contributed by atoms with van der Waals surface area (Å²) in [5.41, 5.74) is 6.90. The van der Waals surface area contributed by atoms with E-state index >= 15 is 0 Å². The second-order valence-electron chi connectivity index (χ2n) is 9.04. The van der Waals surface area contributed by atoms with Gasteiger partial charge < -0.3 is 0 Å². The molecule has 1 aliphatic heterocycles. The lowest BCUT2D eigenvalue weighted by atomic mass is 9.75. The van der Waals surface area contributed by atoms with Crippen molar-refractivity contribution in [3.8, 4) is 22.4 Å². The minimum absolute atomic E-state index is 0.00530. The average molecular weight is 407 g/mol. The molecule has 0 fully saturated rings. The predicted octanol–water partition coefficient (Wildman–Crippen LogP) is 7.75. The monoisotopic (exact) mass is 406 g/mol. The molecule has 0 radical (unpaired) electrons. The highest BCUT2D eigenvalue weighted by atomic mass is 15.1. The molecule has 0 bridgehead atoms. The van der Waals surface area contributed by atoms with Crippen molar-refractivity contribution in [2.75, 3.05) is 0 Å². The SMILES string of the molecule is CCCCC(C)C1(CC)c2ccccc2-c2c3ccccc3c(-c3ccccc3)c[n+]21. The molecule has 156 valence electrons. The van der Waals surface area contributed by atoms with Gasteiger partial charge in [-0.05, 0) is 24.1 Å². The molecule has 0 aliphatic carbocycles. The van der Waals surface area contributed by atoms with Crippen LogP contribution >= 0.6 is 0 Å². The fraction of sp³-hybridized carbons (Fsp3) is 0.300. The van der Waals surface area contributed by atoms with Crippen LogP contribution in [-0.4, -0.2) is 0 Å². The van der Waals surface area contributed by atoms with Gasteiger partial charge in [0, 0.05) is 23.3 Å². The molecule has 0 spiro atoms. The summed E-state index contributed by atoms with van der Waals surface area (Å²) in [6.07, 6.45) is 7.33. The molecule has 4 aromatic rings. The van der Waals surface area contributed by atoms with E-state index in [0.29, 0.717) is 5.92 Å². The molecule has 0 saturated heterocycles. The van der Waals surface area contributed by atoms with Crippen molar-refractivity contribution in [2.45, 2.75) is 52.0 Å². The number of hydrogen-bond acceptors (Lipinski definition) is 0. The Kier molecular flexibility index (Phi) is 5.14. The predicted molar refractivity (Wildman–Crippen MR) is 131 cm³/mol.